The summed E-state index contributed by atoms with van der Waals surface area (Å²) in [5.41, 5.74) is 7.39. The third kappa shape index (κ3) is 4.00. The number of hydrogen-bond donors (Lipinski definition) is 1. The molecule has 1 aromatic rings. The summed E-state index contributed by atoms with van der Waals surface area (Å²) in [6, 6.07) is 6.52. The van der Waals surface area contributed by atoms with Gasteiger partial charge < -0.3 is 10.6 Å². The molecule has 1 saturated heterocycles. The van der Waals surface area contributed by atoms with E-state index in [1.54, 1.807) is 0 Å². The van der Waals surface area contributed by atoms with Gasteiger partial charge in [-0.25, -0.2) is 0 Å². The fourth-order valence-electron chi connectivity index (χ4n) is 3.11. The summed E-state index contributed by atoms with van der Waals surface area (Å²) in [6.45, 7) is 9.46. The molecule has 1 unspecified atom stereocenters. The van der Waals surface area contributed by atoms with Gasteiger partial charge in [-0.3, -0.25) is 9.88 Å². The molecule has 4 heteroatoms. The molecule has 106 valence electrons. The van der Waals surface area contributed by atoms with E-state index in [0.29, 0.717) is 12.6 Å². The normalized spacial score (nSPS) is 25.2. The molecule has 0 spiro atoms. The lowest BCUT2D eigenvalue weighted by Gasteiger charge is -2.33. The van der Waals surface area contributed by atoms with Crippen LogP contribution < -0.4 is 5.73 Å². The molecule has 1 atom stereocenters. The summed E-state index contributed by atoms with van der Waals surface area (Å²) in [7, 11) is 2.19. The maximum Gasteiger partial charge on any atom is 0.0544 e. The Balaban J connectivity index is 2.14. The van der Waals surface area contributed by atoms with Crippen molar-refractivity contribution in [3.8, 4) is 0 Å². The first-order chi connectivity index (χ1) is 9.00. The molecule has 4 nitrogen and oxygen atoms in total. The van der Waals surface area contributed by atoms with Gasteiger partial charge in [0.15, 0.2) is 0 Å². The largest absolute Gasteiger partial charge is 0.329 e. The van der Waals surface area contributed by atoms with E-state index < -0.39 is 0 Å². The Kier molecular flexibility index (Phi) is 4.55. The van der Waals surface area contributed by atoms with Crippen molar-refractivity contribution >= 4 is 0 Å². The summed E-state index contributed by atoms with van der Waals surface area (Å²) in [4.78, 5) is 9.33. The van der Waals surface area contributed by atoms with Crippen LogP contribution >= 0.6 is 0 Å². The van der Waals surface area contributed by atoms with E-state index >= 15 is 0 Å². The maximum atomic E-state index is 5.98. The standard InChI is InChI=1S/C15H26N4/c1-15(2)11-18(3)10-14(8-16)19(12-15)9-13-6-4-5-7-17-13/h4-7,14H,8-12,16H2,1-3H3. The molecule has 2 rings (SSSR count). The Labute approximate surface area is 116 Å². The van der Waals surface area contributed by atoms with Gasteiger partial charge in [-0.2, -0.15) is 0 Å². The van der Waals surface area contributed by atoms with Crippen molar-refractivity contribution in [2.24, 2.45) is 11.1 Å². The lowest BCUT2D eigenvalue weighted by molar-refractivity contribution is 0.150. The van der Waals surface area contributed by atoms with Crippen LogP contribution in [0.5, 0.6) is 0 Å². The lowest BCUT2D eigenvalue weighted by Crippen LogP contribution is -2.45. The topological polar surface area (TPSA) is 45.4 Å². The van der Waals surface area contributed by atoms with Gasteiger partial charge in [0.05, 0.1) is 5.69 Å². The van der Waals surface area contributed by atoms with Crippen molar-refractivity contribution in [2.75, 3.05) is 33.2 Å². The molecular formula is C15H26N4. The van der Waals surface area contributed by atoms with Crippen LogP contribution in [-0.4, -0.2) is 54.1 Å². The zero-order chi connectivity index (χ0) is 13.9. The monoisotopic (exact) mass is 262 g/mol. The van der Waals surface area contributed by atoms with Gasteiger partial charge in [-0.15, -0.1) is 0 Å². The van der Waals surface area contributed by atoms with E-state index in [0.717, 1.165) is 31.9 Å². The van der Waals surface area contributed by atoms with Crippen molar-refractivity contribution in [3.05, 3.63) is 30.1 Å². The van der Waals surface area contributed by atoms with Gasteiger partial charge in [0.1, 0.15) is 0 Å². The van der Waals surface area contributed by atoms with E-state index in [9.17, 15) is 0 Å². The highest BCUT2D eigenvalue weighted by Crippen LogP contribution is 2.24. The number of aromatic nitrogens is 1. The van der Waals surface area contributed by atoms with Gasteiger partial charge in [-0.1, -0.05) is 19.9 Å². The number of likely N-dealkylation sites (N-methyl/N-ethyl adjacent to an activating group) is 1. The quantitative estimate of drug-likeness (QED) is 0.888. The second-order valence-electron chi connectivity index (χ2n) is 6.48. The Morgan fingerprint density at radius 2 is 2.16 bits per heavy atom. The molecular weight excluding hydrogens is 236 g/mol. The molecule has 2 N–H and O–H groups in total. The zero-order valence-electron chi connectivity index (χ0n) is 12.3. The Morgan fingerprint density at radius 1 is 1.37 bits per heavy atom. The summed E-state index contributed by atoms with van der Waals surface area (Å²) in [6.07, 6.45) is 1.86. The molecule has 0 aromatic carbocycles. The highest BCUT2D eigenvalue weighted by Gasteiger charge is 2.32. The summed E-state index contributed by atoms with van der Waals surface area (Å²) in [5.74, 6) is 0. The summed E-state index contributed by atoms with van der Waals surface area (Å²) >= 11 is 0. The third-order valence-corrected chi connectivity index (χ3v) is 3.73. The van der Waals surface area contributed by atoms with E-state index in [1.165, 1.54) is 0 Å². The molecule has 0 saturated carbocycles. The first-order valence-electron chi connectivity index (χ1n) is 7.03. The molecule has 2 heterocycles. The summed E-state index contributed by atoms with van der Waals surface area (Å²) in [5, 5.41) is 0. The fourth-order valence-corrected chi connectivity index (χ4v) is 3.11. The second-order valence-corrected chi connectivity index (χ2v) is 6.48. The van der Waals surface area contributed by atoms with Gasteiger partial charge in [0.2, 0.25) is 0 Å². The Morgan fingerprint density at radius 3 is 2.79 bits per heavy atom. The van der Waals surface area contributed by atoms with Crippen LogP contribution in [-0.2, 0) is 6.54 Å². The third-order valence-electron chi connectivity index (χ3n) is 3.73. The van der Waals surface area contributed by atoms with Crippen LogP contribution in [0, 0.1) is 5.41 Å². The van der Waals surface area contributed by atoms with Gasteiger partial charge in [0.25, 0.3) is 0 Å². The molecule has 1 aromatic heterocycles. The smallest absolute Gasteiger partial charge is 0.0544 e. The number of rotatable bonds is 3. The van der Waals surface area contributed by atoms with E-state index in [-0.39, 0.29) is 5.41 Å². The minimum absolute atomic E-state index is 0.285. The van der Waals surface area contributed by atoms with Crippen LogP contribution in [0.25, 0.3) is 0 Å². The van der Waals surface area contributed by atoms with Crippen molar-refractivity contribution in [3.63, 3.8) is 0 Å². The second kappa shape index (κ2) is 5.99. The van der Waals surface area contributed by atoms with Crippen LogP contribution in [0.15, 0.2) is 24.4 Å². The molecule has 0 bridgehead atoms. The van der Waals surface area contributed by atoms with Crippen molar-refractivity contribution in [1.82, 2.24) is 14.8 Å². The maximum absolute atomic E-state index is 5.98. The van der Waals surface area contributed by atoms with Crippen LogP contribution in [0.4, 0.5) is 0 Å². The predicted molar refractivity (Wildman–Crippen MR) is 78.8 cm³/mol. The fraction of sp³-hybridized carbons (Fsp3) is 0.667. The number of nitrogens with zero attached hydrogens (tertiary/aromatic N) is 3. The lowest BCUT2D eigenvalue weighted by atomic mass is 9.92. The highest BCUT2D eigenvalue weighted by atomic mass is 15.3. The van der Waals surface area contributed by atoms with Crippen LogP contribution in [0.3, 0.4) is 0 Å². The van der Waals surface area contributed by atoms with E-state index in [1.807, 2.05) is 12.3 Å². The highest BCUT2D eigenvalue weighted by molar-refractivity contribution is 5.04. The van der Waals surface area contributed by atoms with Crippen LogP contribution in [0.1, 0.15) is 19.5 Å². The van der Waals surface area contributed by atoms with Crippen molar-refractivity contribution < 1.29 is 0 Å². The first-order valence-corrected chi connectivity index (χ1v) is 7.03. The molecule has 19 heavy (non-hydrogen) atoms. The average Bonchev–Trinajstić information content (AvgIpc) is 2.45. The first kappa shape index (κ1) is 14.4. The molecule has 0 radical (unpaired) electrons. The Bertz CT molecular complexity index is 390. The SMILES string of the molecule is CN1CC(CN)N(Cc2ccccn2)CC(C)(C)C1. The van der Waals surface area contributed by atoms with E-state index in [4.69, 9.17) is 5.73 Å². The van der Waals surface area contributed by atoms with Gasteiger partial charge in [0, 0.05) is 45.0 Å². The molecule has 1 fully saturated rings. The van der Waals surface area contributed by atoms with Crippen LogP contribution in [0.2, 0.25) is 0 Å². The van der Waals surface area contributed by atoms with Gasteiger partial charge >= 0.3 is 0 Å². The summed E-state index contributed by atoms with van der Waals surface area (Å²) < 4.78 is 0. The minimum Gasteiger partial charge on any atom is -0.329 e. The molecule has 1 aliphatic rings. The Hall–Kier alpha value is -0.970. The predicted octanol–water partition coefficient (Wildman–Crippen LogP) is 1.18. The molecule has 0 amide bonds. The molecule has 1 aliphatic heterocycles. The molecule has 0 aliphatic carbocycles. The number of hydrogen-bond acceptors (Lipinski definition) is 4. The van der Waals surface area contributed by atoms with E-state index in [2.05, 4.69) is 47.8 Å². The van der Waals surface area contributed by atoms with Crippen molar-refractivity contribution in [1.29, 1.82) is 0 Å². The minimum atomic E-state index is 0.285. The van der Waals surface area contributed by atoms with Crippen molar-refractivity contribution in [2.45, 2.75) is 26.4 Å². The number of pyridine rings is 1. The average molecular weight is 262 g/mol. The number of nitrogens with two attached hydrogens (primary N) is 1. The zero-order valence-corrected chi connectivity index (χ0v) is 12.3. The van der Waals surface area contributed by atoms with Gasteiger partial charge in [-0.05, 0) is 24.6 Å².